The second-order valence-electron chi connectivity index (χ2n) is 4.96. The van der Waals surface area contributed by atoms with Gasteiger partial charge in [0.25, 0.3) is 0 Å². The minimum absolute atomic E-state index is 0.334. The lowest BCUT2D eigenvalue weighted by molar-refractivity contribution is 0.109. The molecule has 2 aromatic carbocycles. The molecule has 0 saturated carbocycles. The summed E-state index contributed by atoms with van der Waals surface area (Å²) < 4.78 is 11.0. The molecule has 2 aromatic rings. The molecule has 2 heteroatoms. The van der Waals surface area contributed by atoms with Crippen molar-refractivity contribution in [3.63, 3.8) is 0 Å². The van der Waals surface area contributed by atoms with Crippen molar-refractivity contribution in [2.75, 3.05) is 6.79 Å². The smallest absolute Gasteiger partial charge is 0.231 e. The summed E-state index contributed by atoms with van der Waals surface area (Å²) in [5.74, 6) is 1.75. The quantitative estimate of drug-likeness (QED) is 0.709. The first-order valence-electron chi connectivity index (χ1n) is 6.38. The van der Waals surface area contributed by atoms with Crippen molar-refractivity contribution >= 4 is 34.8 Å². The summed E-state index contributed by atoms with van der Waals surface area (Å²) in [4.78, 5) is 0. The number of fused-ring (bicyclic) bond motifs is 6. The summed E-state index contributed by atoms with van der Waals surface area (Å²) >= 11 is 0. The van der Waals surface area contributed by atoms with Gasteiger partial charge in [-0.2, -0.15) is 0 Å². The van der Waals surface area contributed by atoms with E-state index >= 15 is 0 Å². The van der Waals surface area contributed by atoms with Crippen molar-refractivity contribution in [3.05, 3.63) is 57.7 Å². The fourth-order valence-corrected chi connectivity index (χ4v) is 3.14. The fourth-order valence-electron chi connectivity index (χ4n) is 3.14. The van der Waals surface area contributed by atoms with Crippen molar-refractivity contribution < 1.29 is 9.47 Å². The van der Waals surface area contributed by atoms with Crippen LogP contribution in [0.1, 0.15) is 11.1 Å². The first-order valence-corrected chi connectivity index (χ1v) is 6.38. The van der Waals surface area contributed by atoms with E-state index in [-0.39, 0.29) is 0 Å². The zero-order chi connectivity index (χ0) is 12.4. The molecule has 0 radical (unpaired) electrons. The Morgan fingerprint density at radius 1 is 0.895 bits per heavy atom. The van der Waals surface area contributed by atoms with Gasteiger partial charge in [0.05, 0.1) is 0 Å². The summed E-state index contributed by atoms with van der Waals surface area (Å²) in [7, 11) is 0. The number of hydrogen-bond donors (Lipinski definition) is 0. The molecule has 1 saturated heterocycles. The lowest BCUT2D eigenvalue weighted by Crippen LogP contribution is -2.09. The molecule has 0 spiro atoms. The third-order valence-corrected chi connectivity index (χ3v) is 4.02. The molecule has 19 heavy (non-hydrogen) atoms. The molecule has 0 aromatic heterocycles. The summed E-state index contributed by atoms with van der Waals surface area (Å²) in [6.45, 7) is 0.334. The highest BCUT2D eigenvalue weighted by Crippen LogP contribution is 2.31. The van der Waals surface area contributed by atoms with Gasteiger partial charge in [-0.3, -0.25) is 0 Å². The Morgan fingerprint density at radius 2 is 1.79 bits per heavy atom. The molecular weight excluding hydrogens is 236 g/mol. The van der Waals surface area contributed by atoms with Crippen LogP contribution in [-0.4, -0.2) is 6.79 Å². The van der Waals surface area contributed by atoms with Gasteiger partial charge >= 0.3 is 0 Å². The Balaban J connectivity index is 1.99. The molecule has 0 bridgehead atoms. The first kappa shape index (κ1) is 9.45. The molecule has 2 nitrogen and oxygen atoms in total. The highest BCUT2D eigenvalue weighted by atomic mass is 16.7. The maximum absolute atomic E-state index is 5.55. The summed E-state index contributed by atoms with van der Waals surface area (Å²) in [6.07, 6.45) is 8.52. The number of rotatable bonds is 0. The van der Waals surface area contributed by atoms with E-state index in [2.05, 4.69) is 48.6 Å². The lowest BCUT2D eigenvalue weighted by atomic mass is 9.99. The van der Waals surface area contributed by atoms with Gasteiger partial charge in [-0.15, -0.1) is 0 Å². The van der Waals surface area contributed by atoms with Crippen LogP contribution in [0.2, 0.25) is 0 Å². The van der Waals surface area contributed by atoms with Crippen LogP contribution < -0.4 is 10.4 Å². The Bertz CT molecular complexity index is 930. The number of hydrogen-bond acceptors (Lipinski definition) is 2. The minimum Gasteiger partial charge on any atom is -0.454 e. The average molecular weight is 246 g/mol. The molecule has 0 atom stereocenters. The maximum atomic E-state index is 5.55. The lowest BCUT2D eigenvalue weighted by Gasteiger charge is -2.05. The van der Waals surface area contributed by atoms with Gasteiger partial charge in [0.2, 0.25) is 6.79 Å². The van der Waals surface area contributed by atoms with E-state index in [4.69, 9.17) is 9.47 Å². The first-order chi connectivity index (χ1) is 9.42. The average Bonchev–Trinajstić information content (AvgIpc) is 3.12. The molecule has 1 aliphatic heterocycles. The van der Waals surface area contributed by atoms with E-state index in [1.807, 2.05) is 0 Å². The number of allylic oxidation sites excluding steroid dienone is 1. The Labute approximate surface area is 109 Å². The predicted molar refractivity (Wildman–Crippen MR) is 75.1 cm³/mol. The van der Waals surface area contributed by atoms with Crippen LogP contribution in [0.3, 0.4) is 0 Å². The Kier molecular flexibility index (Phi) is 1.54. The van der Waals surface area contributed by atoms with Gasteiger partial charge in [0.15, 0.2) is 11.5 Å². The standard InChI is InChI=1S/C17H10O2/c1-2-10-4-5-13-12(11(10)3-1)6-7-14-15(13)8-16-17(14)19-9-18-16/h1-8H,9H2. The van der Waals surface area contributed by atoms with Gasteiger partial charge in [-0.1, -0.05) is 36.4 Å². The van der Waals surface area contributed by atoms with Crippen molar-refractivity contribution in [3.8, 4) is 0 Å². The van der Waals surface area contributed by atoms with Crippen LogP contribution in [0.4, 0.5) is 0 Å². The van der Waals surface area contributed by atoms with Crippen molar-refractivity contribution in [1.29, 1.82) is 0 Å². The number of ether oxygens (including phenoxy) is 2. The van der Waals surface area contributed by atoms with Crippen LogP contribution in [0.25, 0.3) is 34.8 Å². The normalized spacial score (nSPS) is 17.5. The molecule has 2 aliphatic carbocycles. The van der Waals surface area contributed by atoms with Crippen LogP contribution >= 0.6 is 0 Å². The fraction of sp³-hybridized carbons (Fsp3) is 0.0588. The SMILES string of the molecule is C1=Cc2c(ccc3c4c(ccc23)=C2OCOC2=C4)=C1. The third-order valence-electron chi connectivity index (χ3n) is 4.02. The summed E-state index contributed by atoms with van der Waals surface area (Å²) in [6, 6.07) is 8.69. The molecule has 0 unspecified atom stereocenters. The van der Waals surface area contributed by atoms with Crippen LogP contribution in [0.15, 0.2) is 36.1 Å². The predicted octanol–water partition coefficient (Wildman–Crippen LogP) is 2.11. The molecule has 1 heterocycles. The van der Waals surface area contributed by atoms with Crippen LogP contribution in [0, 0.1) is 0 Å². The Hall–Kier alpha value is -2.48. The van der Waals surface area contributed by atoms with E-state index in [9.17, 15) is 0 Å². The summed E-state index contributed by atoms with van der Waals surface area (Å²) in [5, 5.41) is 4.99. The van der Waals surface area contributed by atoms with E-state index in [0.29, 0.717) is 6.79 Å². The largest absolute Gasteiger partial charge is 0.454 e. The topological polar surface area (TPSA) is 18.5 Å². The number of benzene rings is 2. The van der Waals surface area contributed by atoms with Gasteiger partial charge in [0, 0.05) is 5.22 Å². The van der Waals surface area contributed by atoms with Crippen molar-refractivity contribution in [1.82, 2.24) is 0 Å². The van der Waals surface area contributed by atoms with Gasteiger partial charge < -0.3 is 9.47 Å². The van der Waals surface area contributed by atoms with E-state index < -0.39 is 0 Å². The molecule has 90 valence electrons. The third kappa shape index (κ3) is 1.07. The monoisotopic (exact) mass is 246 g/mol. The molecule has 5 rings (SSSR count). The zero-order valence-electron chi connectivity index (χ0n) is 10.1. The molecule has 0 amide bonds. The van der Waals surface area contributed by atoms with E-state index in [0.717, 1.165) is 16.7 Å². The minimum atomic E-state index is 0.334. The second kappa shape index (κ2) is 3.09. The highest BCUT2D eigenvalue weighted by molar-refractivity contribution is 6.00. The van der Waals surface area contributed by atoms with Gasteiger partial charge in [-0.05, 0) is 39.3 Å². The maximum Gasteiger partial charge on any atom is 0.231 e. The van der Waals surface area contributed by atoms with Crippen LogP contribution in [-0.2, 0) is 9.47 Å². The van der Waals surface area contributed by atoms with Gasteiger partial charge in [0.1, 0.15) is 0 Å². The summed E-state index contributed by atoms with van der Waals surface area (Å²) in [5.41, 5.74) is 2.52. The molecule has 3 aliphatic rings. The van der Waals surface area contributed by atoms with Crippen LogP contribution in [0.5, 0.6) is 0 Å². The van der Waals surface area contributed by atoms with Crippen molar-refractivity contribution in [2.24, 2.45) is 0 Å². The van der Waals surface area contributed by atoms with E-state index in [1.54, 1.807) is 0 Å². The molecule has 0 N–H and O–H groups in total. The Morgan fingerprint density at radius 3 is 2.79 bits per heavy atom. The van der Waals surface area contributed by atoms with Gasteiger partial charge in [-0.25, -0.2) is 0 Å². The second-order valence-corrected chi connectivity index (χ2v) is 4.96. The zero-order valence-corrected chi connectivity index (χ0v) is 10.1. The molecular formula is C17H10O2. The molecule has 1 fully saturated rings. The van der Waals surface area contributed by atoms with E-state index in [1.165, 1.54) is 27.1 Å². The van der Waals surface area contributed by atoms with Crippen molar-refractivity contribution in [2.45, 2.75) is 0 Å². The highest BCUT2D eigenvalue weighted by Gasteiger charge is 2.25.